The molecule has 0 saturated heterocycles. The highest BCUT2D eigenvalue weighted by atomic mass is 16.3. The van der Waals surface area contributed by atoms with Crippen molar-refractivity contribution in [3.8, 4) is 5.75 Å². The van der Waals surface area contributed by atoms with Gasteiger partial charge in [-0.25, -0.2) is 19.9 Å². The van der Waals surface area contributed by atoms with Crippen molar-refractivity contribution in [1.29, 1.82) is 0 Å². The van der Waals surface area contributed by atoms with Crippen LogP contribution in [0.5, 0.6) is 5.75 Å². The smallest absolute Gasteiger partial charge is 0.257 e. The van der Waals surface area contributed by atoms with Gasteiger partial charge in [0.25, 0.3) is 5.91 Å². The molecule has 4 aromatic rings. The number of nitrogens with one attached hydrogen (secondary N) is 1. The number of benzene rings is 2. The number of phenols is 1. The van der Waals surface area contributed by atoms with Crippen molar-refractivity contribution in [2.24, 2.45) is 0 Å². The first kappa shape index (κ1) is 18.0. The van der Waals surface area contributed by atoms with Crippen LogP contribution >= 0.6 is 0 Å². The molecule has 2 heterocycles. The van der Waals surface area contributed by atoms with Crippen molar-refractivity contribution in [2.45, 2.75) is 6.42 Å². The molecule has 28 heavy (non-hydrogen) atoms. The summed E-state index contributed by atoms with van der Waals surface area (Å²) in [6, 6.07) is 7.27. The van der Waals surface area contributed by atoms with Gasteiger partial charge in [-0.05, 0) is 27.1 Å². The van der Waals surface area contributed by atoms with Crippen LogP contribution < -0.4 is 5.32 Å². The van der Waals surface area contributed by atoms with Crippen LogP contribution in [0.15, 0.2) is 36.8 Å². The van der Waals surface area contributed by atoms with E-state index in [0.29, 0.717) is 39.5 Å². The van der Waals surface area contributed by atoms with Gasteiger partial charge in [0.2, 0.25) is 0 Å². The molecule has 2 aromatic carbocycles. The van der Waals surface area contributed by atoms with Gasteiger partial charge in [0.1, 0.15) is 34.2 Å². The molecule has 0 aliphatic rings. The quantitative estimate of drug-likeness (QED) is 0.312. The first-order valence-electron chi connectivity index (χ1n) is 9.00. The van der Waals surface area contributed by atoms with E-state index in [1.165, 1.54) is 6.33 Å². The van der Waals surface area contributed by atoms with E-state index >= 15 is 0 Å². The molecule has 0 aliphatic heterocycles. The molecule has 0 saturated carbocycles. The van der Waals surface area contributed by atoms with Crippen molar-refractivity contribution in [2.75, 3.05) is 27.2 Å². The zero-order valence-corrected chi connectivity index (χ0v) is 15.7. The summed E-state index contributed by atoms with van der Waals surface area (Å²) in [4.78, 5) is 32.3. The van der Waals surface area contributed by atoms with Crippen LogP contribution in [0.1, 0.15) is 16.8 Å². The number of aromatic nitrogens is 4. The van der Waals surface area contributed by atoms with Crippen LogP contribution in [-0.4, -0.2) is 63.0 Å². The molecule has 0 aliphatic carbocycles. The lowest BCUT2D eigenvalue weighted by Gasteiger charge is -2.14. The number of nitrogens with zero attached hydrogens (tertiary/aromatic N) is 5. The third kappa shape index (κ3) is 3.18. The third-order valence-corrected chi connectivity index (χ3v) is 4.55. The van der Waals surface area contributed by atoms with E-state index in [-0.39, 0.29) is 17.2 Å². The van der Waals surface area contributed by atoms with Gasteiger partial charge in [-0.2, -0.15) is 0 Å². The summed E-state index contributed by atoms with van der Waals surface area (Å²) in [5.41, 5.74) is 1.89. The van der Waals surface area contributed by atoms with Crippen LogP contribution in [0.4, 0.5) is 0 Å². The molecule has 0 bridgehead atoms. The van der Waals surface area contributed by atoms with Crippen LogP contribution in [0.3, 0.4) is 0 Å². The Morgan fingerprint density at radius 2 is 1.93 bits per heavy atom. The summed E-state index contributed by atoms with van der Waals surface area (Å²) in [6.07, 6.45) is 3.75. The number of rotatable bonds is 5. The minimum atomic E-state index is -0.377. The molecule has 0 unspecified atom stereocenters. The fraction of sp³-hybridized carbons (Fsp3) is 0.250. The summed E-state index contributed by atoms with van der Waals surface area (Å²) in [7, 11) is 3.96. The molecule has 0 atom stereocenters. The predicted octanol–water partition coefficient (Wildman–Crippen LogP) is 2.11. The van der Waals surface area contributed by atoms with Crippen LogP contribution in [0.2, 0.25) is 0 Å². The van der Waals surface area contributed by atoms with Gasteiger partial charge in [-0.1, -0.05) is 24.3 Å². The Kier molecular flexibility index (Phi) is 4.70. The fourth-order valence-electron chi connectivity index (χ4n) is 3.22. The normalized spacial score (nSPS) is 11.5. The second-order valence-corrected chi connectivity index (χ2v) is 6.83. The summed E-state index contributed by atoms with van der Waals surface area (Å²) in [6.45, 7) is 1.35. The van der Waals surface area contributed by atoms with E-state index in [1.807, 2.05) is 37.2 Å². The largest absolute Gasteiger partial charge is 0.506 e. The lowest BCUT2D eigenvalue weighted by atomic mass is 10.0. The summed E-state index contributed by atoms with van der Waals surface area (Å²) >= 11 is 0. The average molecular weight is 376 g/mol. The van der Waals surface area contributed by atoms with E-state index in [4.69, 9.17) is 0 Å². The Morgan fingerprint density at radius 1 is 1.14 bits per heavy atom. The van der Waals surface area contributed by atoms with Crippen LogP contribution in [0, 0.1) is 0 Å². The highest BCUT2D eigenvalue weighted by Crippen LogP contribution is 2.36. The lowest BCUT2D eigenvalue weighted by Crippen LogP contribution is -2.27. The minimum absolute atomic E-state index is 0.0984. The number of aromatic hydroxyl groups is 1. The fourth-order valence-corrected chi connectivity index (χ4v) is 3.22. The minimum Gasteiger partial charge on any atom is -0.506 e. The zero-order valence-electron chi connectivity index (χ0n) is 15.7. The molecule has 142 valence electrons. The highest BCUT2D eigenvalue weighted by Gasteiger charge is 2.22. The van der Waals surface area contributed by atoms with Gasteiger partial charge >= 0.3 is 0 Å². The predicted molar refractivity (Wildman–Crippen MR) is 107 cm³/mol. The Morgan fingerprint density at radius 3 is 2.71 bits per heavy atom. The monoisotopic (exact) mass is 376 g/mol. The van der Waals surface area contributed by atoms with E-state index in [9.17, 15) is 9.90 Å². The van der Waals surface area contributed by atoms with Crippen molar-refractivity contribution >= 4 is 38.9 Å². The van der Waals surface area contributed by atoms with Crippen LogP contribution in [0.25, 0.3) is 33.0 Å². The first-order valence-corrected chi connectivity index (χ1v) is 9.00. The SMILES string of the molecule is CN(C)CCCNC(=O)c1c(O)c2ccccc2c2nc3ncncc3nc12. The number of phenolic OH excluding ortho intramolecular Hbond substituents is 1. The third-order valence-electron chi connectivity index (χ3n) is 4.55. The van der Waals surface area contributed by atoms with E-state index < -0.39 is 0 Å². The summed E-state index contributed by atoms with van der Waals surface area (Å²) in [5, 5.41) is 15.0. The molecular weight excluding hydrogens is 356 g/mol. The molecule has 8 nitrogen and oxygen atoms in total. The van der Waals surface area contributed by atoms with Crippen LogP contribution in [-0.2, 0) is 0 Å². The first-order chi connectivity index (χ1) is 13.6. The molecule has 4 rings (SSSR count). The molecule has 8 heteroatoms. The molecular formula is C20H20N6O2. The van der Waals surface area contributed by atoms with Crippen molar-refractivity contribution in [3.63, 3.8) is 0 Å². The molecule has 0 radical (unpaired) electrons. The number of hydrogen-bond acceptors (Lipinski definition) is 7. The van der Waals surface area contributed by atoms with E-state index in [2.05, 4.69) is 25.3 Å². The van der Waals surface area contributed by atoms with Gasteiger partial charge < -0.3 is 15.3 Å². The van der Waals surface area contributed by atoms with Gasteiger partial charge in [0.15, 0.2) is 5.65 Å². The molecule has 0 fully saturated rings. The lowest BCUT2D eigenvalue weighted by molar-refractivity contribution is 0.0951. The van der Waals surface area contributed by atoms with Gasteiger partial charge in [-0.3, -0.25) is 4.79 Å². The number of carbonyl (C=O) groups is 1. The van der Waals surface area contributed by atoms with Crippen molar-refractivity contribution < 1.29 is 9.90 Å². The molecule has 0 spiro atoms. The van der Waals surface area contributed by atoms with E-state index in [1.54, 1.807) is 12.3 Å². The van der Waals surface area contributed by atoms with Gasteiger partial charge in [0.05, 0.1) is 6.20 Å². The maximum Gasteiger partial charge on any atom is 0.257 e. The Balaban J connectivity index is 1.89. The molecule has 2 aromatic heterocycles. The Bertz CT molecular complexity index is 1190. The van der Waals surface area contributed by atoms with Gasteiger partial charge in [-0.15, -0.1) is 0 Å². The second-order valence-electron chi connectivity index (χ2n) is 6.83. The maximum atomic E-state index is 12.9. The van der Waals surface area contributed by atoms with Crippen molar-refractivity contribution in [1.82, 2.24) is 30.2 Å². The zero-order chi connectivity index (χ0) is 19.7. The number of hydrogen-bond donors (Lipinski definition) is 2. The molecule has 1 amide bonds. The van der Waals surface area contributed by atoms with E-state index in [0.717, 1.165) is 13.0 Å². The topological polar surface area (TPSA) is 104 Å². The summed E-state index contributed by atoms with van der Waals surface area (Å²) < 4.78 is 0. The second kappa shape index (κ2) is 7.32. The standard InChI is InChI=1S/C20H20N6O2/c1-26(2)9-5-8-22-20(28)15-17-16(12-6-3-4-7-13(12)18(15)27)25-19-14(24-17)10-21-11-23-19/h3-4,6-7,10-11,27H,5,8-9H2,1-2H3,(H,22,28). The number of carbonyl (C=O) groups excluding carboxylic acids is 1. The Hall–Kier alpha value is -3.39. The number of amides is 1. The highest BCUT2D eigenvalue weighted by molar-refractivity contribution is 6.18. The average Bonchev–Trinajstić information content (AvgIpc) is 2.70. The number of fused-ring (bicyclic) bond motifs is 4. The molecule has 2 N–H and O–H groups in total. The van der Waals surface area contributed by atoms with Gasteiger partial charge in [0, 0.05) is 17.3 Å². The summed E-state index contributed by atoms with van der Waals surface area (Å²) in [5.74, 6) is -0.476. The maximum absolute atomic E-state index is 12.9. The van der Waals surface area contributed by atoms with Crippen molar-refractivity contribution in [3.05, 3.63) is 42.4 Å². The Labute approximate surface area is 161 Å².